The number of benzene rings is 1. The van der Waals surface area contributed by atoms with Gasteiger partial charge in [0.05, 0.1) is 0 Å². The molecule has 1 aromatic carbocycles. The first-order valence-electron chi connectivity index (χ1n) is 6.85. The molecule has 108 valence electrons. The van der Waals surface area contributed by atoms with Gasteiger partial charge in [-0.15, -0.1) is 0 Å². The van der Waals surface area contributed by atoms with Gasteiger partial charge in [-0.2, -0.15) is 0 Å². The fourth-order valence-electron chi connectivity index (χ4n) is 2.55. The molecule has 1 N–H and O–H groups in total. The lowest BCUT2D eigenvalue weighted by Gasteiger charge is -2.24. The molecular weight excluding hydrogens is 288 g/mol. The molecule has 1 fully saturated rings. The largest absolute Gasteiger partial charge is 0.344 e. The molecule has 6 heteroatoms. The van der Waals surface area contributed by atoms with Gasteiger partial charge in [-0.05, 0) is 42.6 Å². The third kappa shape index (κ3) is 3.13. The Morgan fingerprint density at radius 2 is 2.10 bits per heavy atom. The highest BCUT2D eigenvalue weighted by molar-refractivity contribution is 6.28. The summed E-state index contributed by atoms with van der Waals surface area (Å²) in [4.78, 5) is 22.5. The molecule has 0 saturated carbocycles. The predicted molar refractivity (Wildman–Crippen MR) is 82.5 cm³/mol. The van der Waals surface area contributed by atoms with E-state index in [0.717, 1.165) is 25.1 Å². The summed E-state index contributed by atoms with van der Waals surface area (Å²) >= 11 is 5.83. The zero-order valence-corrected chi connectivity index (χ0v) is 12.1. The highest BCUT2D eigenvalue weighted by Crippen LogP contribution is 2.25. The third-order valence-electron chi connectivity index (χ3n) is 3.50. The molecule has 0 bridgehead atoms. The van der Waals surface area contributed by atoms with Crippen molar-refractivity contribution in [2.75, 3.05) is 16.8 Å². The minimum atomic E-state index is -0.226. The molecular formula is C15H15ClN4O. The Labute approximate surface area is 128 Å². The van der Waals surface area contributed by atoms with Gasteiger partial charge in [0.25, 0.3) is 0 Å². The minimum absolute atomic E-state index is 0.0200. The van der Waals surface area contributed by atoms with Gasteiger partial charge in [0.1, 0.15) is 11.9 Å². The molecule has 3 rings (SSSR count). The maximum Gasteiger partial charge on any atom is 0.247 e. The highest BCUT2D eigenvalue weighted by Gasteiger charge is 2.31. The lowest BCUT2D eigenvalue weighted by Crippen LogP contribution is -2.40. The molecule has 1 amide bonds. The van der Waals surface area contributed by atoms with Crippen molar-refractivity contribution in [3.05, 3.63) is 47.9 Å². The van der Waals surface area contributed by atoms with Crippen LogP contribution in [0, 0.1) is 0 Å². The predicted octanol–water partition coefficient (Wildman–Crippen LogP) is 2.74. The average Bonchev–Trinajstić information content (AvgIpc) is 2.98. The van der Waals surface area contributed by atoms with Crippen LogP contribution in [0.25, 0.3) is 0 Å². The Kier molecular flexibility index (Phi) is 4.01. The zero-order chi connectivity index (χ0) is 14.7. The van der Waals surface area contributed by atoms with Crippen molar-refractivity contribution in [2.24, 2.45) is 0 Å². The standard InChI is InChI=1S/C15H15ClN4O/c16-15-17-9-8-13(19-15)20-10-4-7-12(20)14(21)18-11-5-2-1-3-6-11/h1-3,5-6,8-9,12H,4,7,10H2,(H,18,21)/t12-/m1/s1. The maximum absolute atomic E-state index is 12.5. The van der Waals surface area contributed by atoms with Gasteiger partial charge < -0.3 is 10.2 Å². The van der Waals surface area contributed by atoms with Crippen LogP contribution in [0.1, 0.15) is 12.8 Å². The van der Waals surface area contributed by atoms with Crippen molar-refractivity contribution in [1.29, 1.82) is 0 Å². The summed E-state index contributed by atoms with van der Waals surface area (Å²) in [5.41, 5.74) is 0.801. The molecule has 2 aromatic rings. The van der Waals surface area contributed by atoms with Crippen LogP contribution in [0.2, 0.25) is 5.28 Å². The lowest BCUT2D eigenvalue weighted by molar-refractivity contribution is -0.117. The molecule has 0 radical (unpaired) electrons. The first-order chi connectivity index (χ1) is 10.2. The monoisotopic (exact) mass is 302 g/mol. The van der Waals surface area contributed by atoms with E-state index in [1.54, 1.807) is 12.3 Å². The molecule has 5 nitrogen and oxygen atoms in total. The summed E-state index contributed by atoms with van der Waals surface area (Å²) in [6, 6.07) is 11.0. The van der Waals surface area contributed by atoms with E-state index >= 15 is 0 Å². The number of halogens is 1. The topological polar surface area (TPSA) is 58.1 Å². The van der Waals surface area contributed by atoms with E-state index in [2.05, 4.69) is 15.3 Å². The second-order valence-corrected chi connectivity index (χ2v) is 5.23. The van der Waals surface area contributed by atoms with Crippen LogP contribution in [0.15, 0.2) is 42.6 Å². The maximum atomic E-state index is 12.5. The molecule has 21 heavy (non-hydrogen) atoms. The van der Waals surface area contributed by atoms with Crippen LogP contribution in [0.4, 0.5) is 11.5 Å². The van der Waals surface area contributed by atoms with Crippen molar-refractivity contribution in [2.45, 2.75) is 18.9 Å². The van der Waals surface area contributed by atoms with Gasteiger partial charge >= 0.3 is 0 Å². The Morgan fingerprint density at radius 3 is 2.86 bits per heavy atom. The number of aromatic nitrogens is 2. The Morgan fingerprint density at radius 1 is 1.29 bits per heavy atom. The van der Waals surface area contributed by atoms with Crippen LogP contribution < -0.4 is 10.2 Å². The number of nitrogens with zero attached hydrogens (tertiary/aromatic N) is 3. The molecule has 0 spiro atoms. The number of amides is 1. The minimum Gasteiger partial charge on any atom is -0.344 e. The fraction of sp³-hybridized carbons (Fsp3) is 0.267. The van der Waals surface area contributed by atoms with Gasteiger partial charge in [-0.25, -0.2) is 9.97 Å². The van der Waals surface area contributed by atoms with Gasteiger partial charge in [-0.3, -0.25) is 4.79 Å². The van der Waals surface area contributed by atoms with Crippen LogP contribution in [-0.4, -0.2) is 28.5 Å². The van der Waals surface area contributed by atoms with Crippen LogP contribution in [0.3, 0.4) is 0 Å². The molecule has 1 saturated heterocycles. The van der Waals surface area contributed by atoms with Crippen LogP contribution in [-0.2, 0) is 4.79 Å². The van der Waals surface area contributed by atoms with E-state index < -0.39 is 0 Å². The Hall–Kier alpha value is -2.14. The molecule has 1 atom stereocenters. The Bertz CT molecular complexity index is 635. The molecule has 0 aliphatic carbocycles. The third-order valence-corrected chi connectivity index (χ3v) is 3.68. The summed E-state index contributed by atoms with van der Waals surface area (Å²) < 4.78 is 0. The van der Waals surface area contributed by atoms with E-state index in [9.17, 15) is 4.79 Å². The smallest absolute Gasteiger partial charge is 0.247 e. The van der Waals surface area contributed by atoms with E-state index in [-0.39, 0.29) is 17.2 Å². The quantitative estimate of drug-likeness (QED) is 0.886. The summed E-state index contributed by atoms with van der Waals surface area (Å²) in [5.74, 6) is 0.675. The summed E-state index contributed by atoms with van der Waals surface area (Å²) in [6.07, 6.45) is 3.37. The van der Waals surface area contributed by atoms with Crippen LogP contribution >= 0.6 is 11.6 Å². The number of rotatable bonds is 3. The van der Waals surface area contributed by atoms with E-state index in [1.807, 2.05) is 35.2 Å². The first-order valence-corrected chi connectivity index (χ1v) is 7.23. The van der Waals surface area contributed by atoms with E-state index in [4.69, 9.17) is 11.6 Å². The Balaban J connectivity index is 1.76. The van der Waals surface area contributed by atoms with E-state index in [1.165, 1.54) is 0 Å². The highest BCUT2D eigenvalue weighted by atomic mass is 35.5. The SMILES string of the molecule is O=C(Nc1ccccc1)[C@H]1CCCN1c1ccnc(Cl)n1. The van der Waals surface area contributed by atoms with Crippen molar-refractivity contribution < 1.29 is 4.79 Å². The van der Waals surface area contributed by atoms with Crippen LogP contribution in [0.5, 0.6) is 0 Å². The second kappa shape index (κ2) is 6.10. The number of carbonyl (C=O) groups is 1. The number of anilines is 2. The summed E-state index contributed by atoms with van der Waals surface area (Å²) in [5, 5.41) is 3.14. The average molecular weight is 303 g/mol. The molecule has 0 unspecified atom stereocenters. The number of para-hydroxylation sites is 1. The van der Waals surface area contributed by atoms with E-state index in [0.29, 0.717) is 5.82 Å². The zero-order valence-electron chi connectivity index (χ0n) is 11.4. The van der Waals surface area contributed by atoms with Crippen molar-refractivity contribution in [1.82, 2.24) is 9.97 Å². The fourth-order valence-corrected chi connectivity index (χ4v) is 2.69. The van der Waals surface area contributed by atoms with Gasteiger partial charge in [-0.1, -0.05) is 18.2 Å². The number of hydrogen-bond donors (Lipinski definition) is 1. The summed E-state index contributed by atoms with van der Waals surface area (Å²) in [7, 11) is 0. The normalized spacial score (nSPS) is 17.8. The molecule has 1 aliphatic heterocycles. The number of hydrogen-bond acceptors (Lipinski definition) is 4. The molecule has 2 heterocycles. The number of nitrogens with one attached hydrogen (secondary N) is 1. The molecule has 1 aliphatic rings. The van der Waals surface area contributed by atoms with Gasteiger partial charge in [0, 0.05) is 18.4 Å². The lowest BCUT2D eigenvalue weighted by atomic mass is 10.2. The van der Waals surface area contributed by atoms with Crippen molar-refractivity contribution in [3.63, 3.8) is 0 Å². The molecule has 1 aromatic heterocycles. The van der Waals surface area contributed by atoms with Gasteiger partial charge in [0.15, 0.2) is 0 Å². The number of carbonyl (C=O) groups excluding carboxylic acids is 1. The second-order valence-electron chi connectivity index (χ2n) is 4.89. The summed E-state index contributed by atoms with van der Waals surface area (Å²) in [6.45, 7) is 0.792. The van der Waals surface area contributed by atoms with Gasteiger partial charge in [0.2, 0.25) is 11.2 Å². The van der Waals surface area contributed by atoms with Crippen molar-refractivity contribution >= 4 is 29.0 Å². The first kappa shape index (κ1) is 13.8. The van der Waals surface area contributed by atoms with Crippen molar-refractivity contribution in [3.8, 4) is 0 Å².